The largest absolute Gasteiger partial charge is 0.492 e. The lowest BCUT2D eigenvalue weighted by Crippen LogP contribution is -2.14. The SMILES string of the molecule is CCCc1c(OCC(=O)OC)ccc(C(C)=O)c1OCCCBr. The zero-order valence-electron chi connectivity index (χ0n) is 13.8. The van der Waals surface area contributed by atoms with Gasteiger partial charge in [-0.15, -0.1) is 0 Å². The van der Waals surface area contributed by atoms with E-state index >= 15 is 0 Å². The first-order chi connectivity index (χ1) is 11.0. The van der Waals surface area contributed by atoms with Crippen LogP contribution in [-0.4, -0.2) is 37.4 Å². The summed E-state index contributed by atoms with van der Waals surface area (Å²) in [5.74, 6) is 0.597. The van der Waals surface area contributed by atoms with E-state index in [1.807, 2.05) is 6.92 Å². The molecule has 0 spiro atoms. The van der Waals surface area contributed by atoms with E-state index in [1.54, 1.807) is 12.1 Å². The van der Waals surface area contributed by atoms with Crippen LogP contribution in [0.1, 0.15) is 42.6 Å². The molecule has 23 heavy (non-hydrogen) atoms. The number of alkyl halides is 1. The van der Waals surface area contributed by atoms with Crippen LogP contribution in [0.5, 0.6) is 11.5 Å². The number of benzene rings is 1. The third-order valence-corrected chi connectivity index (χ3v) is 3.76. The number of hydrogen-bond acceptors (Lipinski definition) is 5. The molecule has 0 radical (unpaired) electrons. The number of carbonyl (C=O) groups excluding carboxylic acids is 2. The fourth-order valence-corrected chi connectivity index (χ4v) is 2.33. The first-order valence-corrected chi connectivity index (χ1v) is 8.72. The molecule has 0 amide bonds. The maximum atomic E-state index is 11.9. The minimum atomic E-state index is -0.454. The van der Waals surface area contributed by atoms with E-state index in [4.69, 9.17) is 9.47 Å². The van der Waals surface area contributed by atoms with E-state index in [0.29, 0.717) is 30.1 Å². The first-order valence-electron chi connectivity index (χ1n) is 7.60. The van der Waals surface area contributed by atoms with Crippen LogP contribution < -0.4 is 9.47 Å². The highest BCUT2D eigenvalue weighted by atomic mass is 79.9. The van der Waals surface area contributed by atoms with Gasteiger partial charge in [0.1, 0.15) is 11.5 Å². The minimum Gasteiger partial charge on any atom is -0.492 e. The summed E-state index contributed by atoms with van der Waals surface area (Å²) in [6.45, 7) is 3.88. The quantitative estimate of drug-likeness (QED) is 0.266. The van der Waals surface area contributed by atoms with Crippen LogP contribution in [0, 0.1) is 0 Å². The van der Waals surface area contributed by atoms with Crippen molar-refractivity contribution in [1.29, 1.82) is 0 Å². The monoisotopic (exact) mass is 386 g/mol. The van der Waals surface area contributed by atoms with Crippen LogP contribution >= 0.6 is 15.9 Å². The third kappa shape index (κ3) is 5.86. The standard InChI is InChI=1S/C17H23BrO5/c1-4-6-14-15(23-11-16(20)21-3)8-7-13(12(2)19)17(14)22-10-5-9-18/h7-8H,4-6,9-11H2,1-3H3. The summed E-state index contributed by atoms with van der Waals surface area (Å²) in [4.78, 5) is 23.2. The van der Waals surface area contributed by atoms with Gasteiger partial charge < -0.3 is 14.2 Å². The second-order valence-electron chi connectivity index (χ2n) is 4.98. The van der Waals surface area contributed by atoms with Gasteiger partial charge in [0.2, 0.25) is 0 Å². The Morgan fingerprint density at radius 2 is 1.96 bits per heavy atom. The number of ketones is 1. The number of esters is 1. The van der Waals surface area contributed by atoms with Crippen LogP contribution in [-0.2, 0) is 16.0 Å². The average molecular weight is 387 g/mol. The van der Waals surface area contributed by atoms with E-state index in [2.05, 4.69) is 20.7 Å². The highest BCUT2D eigenvalue weighted by molar-refractivity contribution is 9.09. The van der Waals surface area contributed by atoms with Gasteiger partial charge in [0, 0.05) is 10.9 Å². The van der Waals surface area contributed by atoms with Gasteiger partial charge in [-0.2, -0.15) is 0 Å². The molecule has 1 aromatic carbocycles. The summed E-state index contributed by atoms with van der Waals surface area (Å²) in [5.41, 5.74) is 1.35. The van der Waals surface area contributed by atoms with Crippen LogP contribution in [0.15, 0.2) is 12.1 Å². The van der Waals surface area contributed by atoms with Crippen molar-refractivity contribution in [3.8, 4) is 11.5 Å². The van der Waals surface area contributed by atoms with E-state index < -0.39 is 5.97 Å². The Hall–Kier alpha value is -1.56. The number of hydrogen-bond donors (Lipinski definition) is 0. The highest BCUT2D eigenvalue weighted by Crippen LogP contribution is 2.34. The summed E-state index contributed by atoms with van der Waals surface area (Å²) in [6, 6.07) is 3.39. The summed E-state index contributed by atoms with van der Waals surface area (Å²) in [6.07, 6.45) is 2.39. The molecular weight excluding hydrogens is 364 g/mol. The summed E-state index contributed by atoms with van der Waals surface area (Å²) >= 11 is 3.36. The number of carbonyl (C=O) groups is 2. The maximum Gasteiger partial charge on any atom is 0.343 e. The number of ether oxygens (including phenoxy) is 3. The molecule has 0 fully saturated rings. The topological polar surface area (TPSA) is 61.8 Å². The fraction of sp³-hybridized carbons (Fsp3) is 0.529. The Kier molecular flexibility index (Phi) is 8.69. The van der Waals surface area contributed by atoms with Gasteiger partial charge in [-0.25, -0.2) is 4.79 Å². The van der Waals surface area contributed by atoms with Crippen molar-refractivity contribution in [3.05, 3.63) is 23.3 Å². The predicted octanol–water partition coefficient (Wildman–Crippen LogP) is 3.56. The van der Waals surface area contributed by atoms with Gasteiger partial charge in [-0.1, -0.05) is 29.3 Å². The van der Waals surface area contributed by atoms with Gasteiger partial charge >= 0.3 is 5.97 Å². The maximum absolute atomic E-state index is 11.9. The summed E-state index contributed by atoms with van der Waals surface area (Å²) in [7, 11) is 1.31. The van der Waals surface area contributed by atoms with Gasteiger partial charge in [-0.3, -0.25) is 4.79 Å². The predicted molar refractivity (Wildman–Crippen MR) is 91.9 cm³/mol. The van der Waals surface area contributed by atoms with Crippen LogP contribution in [0.3, 0.4) is 0 Å². The van der Waals surface area contributed by atoms with Crippen molar-refractivity contribution in [2.45, 2.75) is 33.1 Å². The molecule has 0 aromatic heterocycles. The zero-order valence-corrected chi connectivity index (χ0v) is 15.4. The molecule has 6 heteroatoms. The number of rotatable bonds is 10. The lowest BCUT2D eigenvalue weighted by Gasteiger charge is -2.18. The summed E-state index contributed by atoms with van der Waals surface area (Å²) in [5, 5.41) is 0.823. The van der Waals surface area contributed by atoms with E-state index in [9.17, 15) is 9.59 Å². The normalized spacial score (nSPS) is 10.3. The van der Waals surface area contributed by atoms with Gasteiger partial charge in [0.05, 0.1) is 19.3 Å². The lowest BCUT2D eigenvalue weighted by molar-refractivity contribution is -0.142. The molecule has 0 unspecified atom stereocenters. The smallest absolute Gasteiger partial charge is 0.343 e. The van der Waals surface area contributed by atoms with Crippen molar-refractivity contribution in [2.24, 2.45) is 0 Å². The van der Waals surface area contributed by atoms with Crippen molar-refractivity contribution >= 4 is 27.7 Å². The van der Waals surface area contributed by atoms with E-state index in [1.165, 1.54) is 14.0 Å². The molecule has 0 atom stereocenters. The molecule has 0 saturated carbocycles. The zero-order chi connectivity index (χ0) is 17.2. The number of Topliss-reactive ketones (excluding diaryl/α,β-unsaturated/α-hetero) is 1. The number of methoxy groups -OCH3 is 1. The second-order valence-corrected chi connectivity index (χ2v) is 5.77. The molecular formula is C17H23BrO5. The molecule has 5 nitrogen and oxygen atoms in total. The van der Waals surface area contributed by atoms with Crippen LogP contribution in [0.2, 0.25) is 0 Å². The molecule has 0 N–H and O–H groups in total. The van der Waals surface area contributed by atoms with Crippen molar-refractivity contribution in [2.75, 3.05) is 25.7 Å². The molecule has 1 rings (SSSR count). The van der Waals surface area contributed by atoms with E-state index in [-0.39, 0.29) is 12.4 Å². The molecule has 0 aliphatic carbocycles. The Balaban J connectivity index is 3.16. The van der Waals surface area contributed by atoms with Gasteiger partial charge in [0.15, 0.2) is 12.4 Å². The number of halogens is 1. The molecule has 1 aromatic rings. The van der Waals surface area contributed by atoms with Gasteiger partial charge in [0.25, 0.3) is 0 Å². The first kappa shape index (κ1) is 19.5. The van der Waals surface area contributed by atoms with Crippen molar-refractivity contribution in [3.63, 3.8) is 0 Å². The average Bonchev–Trinajstić information content (AvgIpc) is 2.54. The minimum absolute atomic E-state index is 0.0595. The molecule has 0 aliphatic heterocycles. The molecule has 0 heterocycles. The molecule has 0 aliphatic rings. The Labute approximate surface area is 145 Å². The molecule has 0 saturated heterocycles. The Morgan fingerprint density at radius 1 is 1.22 bits per heavy atom. The fourth-order valence-electron chi connectivity index (χ4n) is 2.10. The van der Waals surface area contributed by atoms with Crippen LogP contribution in [0.4, 0.5) is 0 Å². The lowest BCUT2D eigenvalue weighted by atomic mass is 10.0. The molecule has 0 bridgehead atoms. The van der Waals surface area contributed by atoms with Crippen molar-refractivity contribution in [1.82, 2.24) is 0 Å². The second kappa shape index (κ2) is 10.3. The molecule has 128 valence electrons. The Bertz CT molecular complexity index is 542. The van der Waals surface area contributed by atoms with Crippen LogP contribution in [0.25, 0.3) is 0 Å². The van der Waals surface area contributed by atoms with E-state index in [0.717, 1.165) is 23.7 Å². The summed E-state index contributed by atoms with van der Waals surface area (Å²) < 4.78 is 16.0. The van der Waals surface area contributed by atoms with Gasteiger partial charge in [-0.05, 0) is 31.9 Å². The Morgan fingerprint density at radius 3 is 2.52 bits per heavy atom. The van der Waals surface area contributed by atoms with Crippen molar-refractivity contribution < 1.29 is 23.8 Å². The third-order valence-electron chi connectivity index (χ3n) is 3.19. The highest BCUT2D eigenvalue weighted by Gasteiger charge is 2.18.